The van der Waals surface area contributed by atoms with Gasteiger partial charge >= 0.3 is 12.4 Å². The van der Waals surface area contributed by atoms with Gasteiger partial charge in [0, 0.05) is 35.9 Å². The van der Waals surface area contributed by atoms with Gasteiger partial charge in [0.15, 0.2) is 0 Å². The lowest BCUT2D eigenvalue weighted by atomic mass is 10.0. The summed E-state index contributed by atoms with van der Waals surface area (Å²) in [5, 5.41) is 17.2. The molecule has 0 unspecified atom stereocenters. The molecule has 0 fully saturated rings. The predicted octanol–water partition coefficient (Wildman–Crippen LogP) is 6.85. The van der Waals surface area contributed by atoms with Gasteiger partial charge in [0.25, 0.3) is 0 Å². The van der Waals surface area contributed by atoms with Gasteiger partial charge < -0.3 is 0 Å². The molecular weight excluding hydrogens is 586 g/mol. The Morgan fingerprint density at radius 1 is 0.762 bits per heavy atom. The zero-order chi connectivity index (χ0) is 29.6. The van der Waals surface area contributed by atoms with Crippen molar-refractivity contribution >= 4 is 17.1 Å². The first-order valence-electron chi connectivity index (χ1n) is 12.1. The van der Waals surface area contributed by atoms with E-state index in [-0.39, 0.29) is 28.7 Å². The monoisotopic (exact) mass is 600 g/mol. The van der Waals surface area contributed by atoms with Crippen LogP contribution in [0.4, 0.5) is 26.3 Å². The lowest BCUT2D eigenvalue weighted by Crippen LogP contribution is -2.13. The number of hydrogen-bond donors (Lipinski definition) is 0. The molecule has 0 spiro atoms. The molecular formula is C27H15ClF6N8. The molecule has 0 aliphatic heterocycles. The highest BCUT2D eigenvalue weighted by Gasteiger charge is 2.37. The van der Waals surface area contributed by atoms with Crippen molar-refractivity contribution in [2.24, 2.45) is 0 Å². The molecule has 4 aromatic heterocycles. The first-order valence-corrected chi connectivity index (χ1v) is 12.5. The Hall–Kier alpha value is -4.85. The smallest absolute Gasteiger partial charge is 0.264 e. The van der Waals surface area contributed by atoms with Gasteiger partial charge in [0.05, 0.1) is 22.7 Å². The normalized spacial score (nSPS) is 12.3. The Balaban J connectivity index is 1.55. The number of nitrogens with zero attached hydrogens (tertiary/aromatic N) is 8. The third kappa shape index (κ3) is 5.04. The van der Waals surface area contributed by atoms with E-state index in [4.69, 9.17) is 11.6 Å². The van der Waals surface area contributed by atoms with Crippen molar-refractivity contribution in [3.8, 4) is 33.9 Å². The van der Waals surface area contributed by atoms with Crippen molar-refractivity contribution in [3.05, 3.63) is 101 Å². The van der Waals surface area contributed by atoms with Crippen LogP contribution in [0.1, 0.15) is 16.7 Å². The van der Waals surface area contributed by atoms with Crippen molar-refractivity contribution in [1.29, 1.82) is 0 Å². The number of hydrogen-bond acceptors (Lipinski definition) is 6. The summed E-state index contributed by atoms with van der Waals surface area (Å²) in [4.78, 5) is 8.60. The molecule has 0 saturated carbocycles. The van der Waals surface area contributed by atoms with Crippen molar-refractivity contribution in [2.75, 3.05) is 0 Å². The summed E-state index contributed by atoms with van der Waals surface area (Å²) in [5.41, 5.74) is -0.695. The molecule has 0 amide bonds. The van der Waals surface area contributed by atoms with Gasteiger partial charge in [-0.25, -0.2) is 9.20 Å². The topological polar surface area (TPSA) is 86.7 Å². The Labute approximate surface area is 237 Å². The van der Waals surface area contributed by atoms with Gasteiger partial charge in [0.2, 0.25) is 0 Å². The van der Waals surface area contributed by atoms with Crippen molar-refractivity contribution in [1.82, 2.24) is 39.8 Å². The first-order chi connectivity index (χ1) is 20.0. The van der Waals surface area contributed by atoms with Crippen LogP contribution in [0.5, 0.6) is 0 Å². The summed E-state index contributed by atoms with van der Waals surface area (Å²) < 4.78 is 83.8. The molecule has 15 heteroatoms. The van der Waals surface area contributed by atoms with Crippen LogP contribution in [-0.4, -0.2) is 39.8 Å². The maximum absolute atomic E-state index is 13.5. The lowest BCUT2D eigenvalue weighted by Gasteiger charge is -2.15. The van der Waals surface area contributed by atoms with Crippen LogP contribution in [0.25, 0.3) is 39.4 Å². The SMILES string of the molecule is FC(F)(F)c1cc(Cn2nnc(-c3nccn4nnc(-c5ccccc5Cl)c34)c2-c2cccnc2)cc(C(F)(F)F)c1. The molecule has 0 aliphatic carbocycles. The van der Waals surface area contributed by atoms with E-state index in [1.54, 1.807) is 42.6 Å². The van der Waals surface area contributed by atoms with Crippen LogP contribution in [0.15, 0.2) is 79.4 Å². The number of rotatable bonds is 5. The Morgan fingerprint density at radius 2 is 1.48 bits per heavy atom. The molecule has 2 aromatic carbocycles. The predicted molar refractivity (Wildman–Crippen MR) is 139 cm³/mol. The molecule has 4 heterocycles. The average Bonchev–Trinajstić information content (AvgIpc) is 3.57. The number of fused-ring (bicyclic) bond motifs is 1. The van der Waals surface area contributed by atoms with Gasteiger partial charge in [-0.05, 0) is 42.0 Å². The minimum absolute atomic E-state index is 0.0752. The van der Waals surface area contributed by atoms with Crippen LogP contribution < -0.4 is 0 Å². The number of halogens is 7. The van der Waals surface area contributed by atoms with E-state index in [2.05, 4.69) is 30.6 Å². The molecule has 0 atom stereocenters. The molecule has 212 valence electrons. The van der Waals surface area contributed by atoms with Crippen LogP contribution in [-0.2, 0) is 18.9 Å². The number of benzene rings is 2. The second kappa shape index (κ2) is 10.2. The minimum Gasteiger partial charge on any atom is -0.264 e. The highest BCUT2D eigenvalue weighted by Crippen LogP contribution is 2.39. The Bertz CT molecular complexity index is 1880. The maximum atomic E-state index is 13.5. The summed E-state index contributed by atoms with van der Waals surface area (Å²) >= 11 is 6.43. The second-order valence-corrected chi connectivity index (χ2v) is 9.49. The summed E-state index contributed by atoms with van der Waals surface area (Å²) in [7, 11) is 0. The quantitative estimate of drug-likeness (QED) is 0.201. The number of pyridine rings is 1. The van der Waals surface area contributed by atoms with Gasteiger partial charge in [-0.1, -0.05) is 40.2 Å². The molecule has 6 rings (SSSR count). The zero-order valence-corrected chi connectivity index (χ0v) is 21.7. The minimum atomic E-state index is -5.00. The average molecular weight is 601 g/mol. The fourth-order valence-corrected chi connectivity index (χ4v) is 4.74. The van der Waals surface area contributed by atoms with Gasteiger partial charge in [-0.2, -0.15) is 26.3 Å². The van der Waals surface area contributed by atoms with Gasteiger partial charge in [-0.3, -0.25) is 9.97 Å². The fourth-order valence-electron chi connectivity index (χ4n) is 4.51. The third-order valence-corrected chi connectivity index (χ3v) is 6.66. The largest absolute Gasteiger partial charge is 0.416 e. The van der Waals surface area contributed by atoms with Crippen LogP contribution in [0.2, 0.25) is 5.02 Å². The van der Waals surface area contributed by atoms with Crippen molar-refractivity contribution in [2.45, 2.75) is 18.9 Å². The van der Waals surface area contributed by atoms with Crippen LogP contribution >= 0.6 is 11.6 Å². The standard InChI is InChI=1S/C27H15ClF6N8/c28-20-6-2-1-5-19(20)21-25-22(36-8-9-41(25)39-37-21)23-24(16-4-3-7-35-13-16)42(40-38-23)14-15-10-17(26(29,30)31)12-18(11-15)27(32,33)34/h1-13H,14H2. The molecule has 8 nitrogen and oxygen atoms in total. The van der Waals surface area contributed by atoms with Crippen LogP contribution in [0, 0.1) is 0 Å². The van der Waals surface area contributed by atoms with E-state index < -0.39 is 30.0 Å². The number of aromatic nitrogens is 8. The number of alkyl halides is 6. The molecule has 0 aliphatic rings. The van der Waals surface area contributed by atoms with Crippen molar-refractivity contribution in [3.63, 3.8) is 0 Å². The third-order valence-electron chi connectivity index (χ3n) is 6.33. The van der Waals surface area contributed by atoms with E-state index in [1.165, 1.54) is 27.8 Å². The van der Waals surface area contributed by atoms with E-state index in [0.29, 0.717) is 39.5 Å². The summed E-state index contributed by atoms with van der Waals surface area (Å²) in [6, 6.07) is 11.6. The van der Waals surface area contributed by atoms with E-state index in [9.17, 15) is 26.3 Å². The molecule has 42 heavy (non-hydrogen) atoms. The van der Waals surface area contributed by atoms with Crippen LogP contribution in [0.3, 0.4) is 0 Å². The fraction of sp³-hybridized carbons (Fsp3) is 0.111. The molecule has 0 radical (unpaired) electrons. The Kier molecular flexibility index (Phi) is 6.64. The molecule has 6 aromatic rings. The molecule has 0 bridgehead atoms. The second-order valence-electron chi connectivity index (χ2n) is 9.09. The molecule has 0 N–H and O–H groups in total. The first kappa shape index (κ1) is 27.3. The Morgan fingerprint density at radius 3 is 2.14 bits per heavy atom. The van der Waals surface area contributed by atoms with Crippen molar-refractivity contribution < 1.29 is 26.3 Å². The summed E-state index contributed by atoms with van der Waals surface area (Å²) in [6.07, 6.45) is -4.02. The summed E-state index contributed by atoms with van der Waals surface area (Å²) in [5.74, 6) is 0. The molecule has 0 saturated heterocycles. The summed E-state index contributed by atoms with van der Waals surface area (Å²) in [6.45, 7) is -0.470. The maximum Gasteiger partial charge on any atom is 0.416 e. The van der Waals surface area contributed by atoms with E-state index in [0.717, 1.165) is 0 Å². The zero-order valence-electron chi connectivity index (χ0n) is 20.9. The lowest BCUT2D eigenvalue weighted by molar-refractivity contribution is -0.143. The highest BCUT2D eigenvalue weighted by atomic mass is 35.5. The van der Waals surface area contributed by atoms with E-state index >= 15 is 0 Å². The van der Waals surface area contributed by atoms with Gasteiger partial charge in [-0.15, -0.1) is 10.2 Å². The van der Waals surface area contributed by atoms with E-state index in [1.807, 2.05) is 0 Å². The van der Waals surface area contributed by atoms with Gasteiger partial charge in [0.1, 0.15) is 28.3 Å². The highest BCUT2D eigenvalue weighted by molar-refractivity contribution is 6.33.